The van der Waals surface area contributed by atoms with E-state index in [2.05, 4.69) is 0 Å². The van der Waals surface area contributed by atoms with Crippen LogP contribution in [0.2, 0.25) is 0 Å². The van der Waals surface area contributed by atoms with Crippen LogP contribution in [0.25, 0.3) is 0 Å². The Hall–Kier alpha value is -1.64. The Morgan fingerprint density at radius 1 is 1.38 bits per heavy atom. The van der Waals surface area contributed by atoms with Crippen LogP contribution in [0.1, 0.15) is 30.1 Å². The second kappa shape index (κ2) is 7.50. The predicted molar refractivity (Wildman–Crippen MR) is 91.6 cm³/mol. The van der Waals surface area contributed by atoms with Crippen molar-refractivity contribution >= 4 is 15.9 Å². The number of likely N-dealkylation sites (N-methyl/N-ethyl adjacent to an activating group) is 1. The number of amides is 1. The quantitative estimate of drug-likeness (QED) is 0.818. The Morgan fingerprint density at radius 2 is 2.00 bits per heavy atom. The number of sulfonamides is 1. The summed E-state index contributed by atoms with van der Waals surface area (Å²) >= 11 is 0. The Labute approximate surface area is 143 Å². The van der Waals surface area contributed by atoms with Gasteiger partial charge in [0.25, 0.3) is 5.91 Å². The van der Waals surface area contributed by atoms with E-state index in [9.17, 15) is 13.2 Å². The molecule has 0 aliphatic carbocycles. The zero-order valence-corrected chi connectivity index (χ0v) is 15.2. The van der Waals surface area contributed by atoms with Gasteiger partial charge in [-0.1, -0.05) is 0 Å². The average molecular weight is 355 g/mol. The van der Waals surface area contributed by atoms with Gasteiger partial charge in [-0.2, -0.15) is 4.31 Å². The minimum atomic E-state index is -3.68. The van der Waals surface area contributed by atoms with E-state index in [4.69, 9.17) is 10.5 Å². The van der Waals surface area contributed by atoms with Gasteiger partial charge in [0, 0.05) is 38.3 Å². The zero-order valence-electron chi connectivity index (χ0n) is 14.4. The van der Waals surface area contributed by atoms with E-state index in [1.165, 1.54) is 28.4 Å². The van der Waals surface area contributed by atoms with E-state index >= 15 is 0 Å². The van der Waals surface area contributed by atoms with Gasteiger partial charge >= 0.3 is 0 Å². The molecule has 1 unspecified atom stereocenters. The normalized spacial score (nSPS) is 16.8. The first kappa shape index (κ1) is 18.7. The lowest BCUT2D eigenvalue weighted by Crippen LogP contribution is -2.39. The number of rotatable bonds is 6. The van der Waals surface area contributed by atoms with Crippen molar-refractivity contribution < 1.29 is 17.9 Å². The molecule has 8 heteroatoms. The number of methoxy groups -OCH3 is 1. The summed E-state index contributed by atoms with van der Waals surface area (Å²) in [4.78, 5) is 14.1. The minimum absolute atomic E-state index is 0.0338. The Balaban J connectivity index is 2.43. The van der Waals surface area contributed by atoms with Gasteiger partial charge in [0.15, 0.2) is 0 Å². The van der Waals surface area contributed by atoms with E-state index in [-0.39, 0.29) is 22.6 Å². The Kier molecular flexibility index (Phi) is 5.84. The van der Waals surface area contributed by atoms with Crippen molar-refractivity contribution in [2.75, 3.05) is 33.8 Å². The molecule has 1 atom stereocenters. The molecule has 1 aliphatic rings. The number of hydrogen-bond acceptors (Lipinski definition) is 5. The van der Waals surface area contributed by atoms with Crippen LogP contribution >= 0.6 is 0 Å². The summed E-state index contributed by atoms with van der Waals surface area (Å²) in [5, 5.41) is 0. The van der Waals surface area contributed by atoms with Crippen LogP contribution in [0.5, 0.6) is 5.75 Å². The molecular weight excluding hydrogens is 330 g/mol. The third kappa shape index (κ3) is 3.55. The summed E-state index contributed by atoms with van der Waals surface area (Å²) in [5.41, 5.74) is 5.90. The third-order valence-electron chi connectivity index (χ3n) is 4.42. The van der Waals surface area contributed by atoms with Crippen molar-refractivity contribution in [3.63, 3.8) is 0 Å². The maximum absolute atomic E-state index is 12.8. The maximum atomic E-state index is 12.8. The SMILES string of the molecule is COc1ccc(C(=O)N(C)C(C)CN)cc1S(=O)(=O)N1CCCC1. The molecule has 134 valence electrons. The highest BCUT2D eigenvalue weighted by Gasteiger charge is 2.31. The van der Waals surface area contributed by atoms with Crippen LogP contribution < -0.4 is 10.5 Å². The van der Waals surface area contributed by atoms with Crippen molar-refractivity contribution in [3.05, 3.63) is 23.8 Å². The number of nitrogens with two attached hydrogens (primary N) is 1. The first-order valence-electron chi connectivity index (χ1n) is 7.98. The molecule has 0 aromatic heterocycles. The summed E-state index contributed by atoms with van der Waals surface area (Å²) in [6.07, 6.45) is 1.69. The number of nitrogens with zero attached hydrogens (tertiary/aromatic N) is 2. The van der Waals surface area contributed by atoms with Crippen LogP contribution in [0.15, 0.2) is 23.1 Å². The lowest BCUT2D eigenvalue weighted by atomic mass is 10.1. The van der Waals surface area contributed by atoms with E-state index in [1.807, 2.05) is 6.92 Å². The van der Waals surface area contributed by atoms with Crippen molar-refractivity contribution in [1.29, 1.82) is 0 Å². The molecule has 1 aliphatic heterocycles. The minimum Gasteiger partial charge on any atom is -0.495 e. The van der Waals surface area contributed by atoms with Crippen LogP contribution in [-0.4, -0.2) is 63.4 Å². The molecule has 1 aromatic carbocycles. The van der Waals surface area contributed by atoms with Crippen LogP contribution in [-0.2, 0) is 10.0 Å². The van der Waals surface area contributed by atoms with E-state index in [0.717, 1.165) is 12.8 Å². The van der Waals surface area contributed by atoms with Crippen LogP contribution in [0, 0.1) is 0 Å². The van der Waals surface area contributed by atoms with E-state index in [1.54, 1.807) is 13.1 Å². The fourth-order valence-electron chi connectivity index (χ4n) is 2.64. The summed E-state index contributed by atoms with van der Waals surface area (Å²) in [7, 11) is -0.605. The number of hydrogen-bond donors (Lipinski definition) is 1. The summed E-state index contributed by atoms with van der Waals surface area (Å²) < 4.78 is 32.3. The summed E-state index contributed by atoms with van der Waals surface area (Å²) in [6.45, 7) is 3.15. The summed E-state index contributed by atoms with van der Waals surface area (Å²) in [5.74, 6) is -0.0264. The molecule has 2 N–H and O–H groups in total. The standard InChI is InChI=1S/C16H25N3O4S/c1-12(11-17)18(2)16(20)13-6-7-14(23-3)15(10-13)24(21,22)19-8-4-5-9-19/h6-7,10,12H,4-5,8-9,11,17H2,1-3H3. The molecule has 1 heterocycles. The second-order valence-electron chi connectivity index (χ2n) is 5.98. The molecule has 0 radical (unpaired) electrons. The molecule has 1 fully saturated rings. The monoisotopic (exact) mass is 355 g/mol. The molecular formula is C16H25N3O4S. The largest absolute Gasteiger partial charge is 0.495 e. The van der Waals surface area contributed by atoms with Crippen LogP contribution in [0.4, 0.5) is 0 Å². The highest BCUT2D eigenvalue weighted by Crippen LogP contribution is 2.30. The molecule has 7 nitrogen and oxygen atoms in total. The first-order chi connectivity index (χ1) is 11.3. The highest BCUT2D eigenvalue weighted by atomic mass is 32.2. The highest BCUT2D eigenvalue weighted by molar-refractivity contribution is 7.89. The van der Waals surface area contributed by atoms with Crippen LogP contribution in [0.3, 0.4) is 0 Å². The maximum Gasteiger partial charge on any atom is 0.253 e. The lowest BCUT2D eigenvalue weighted by Gasteiger charge is -2.24. The van der Waals surface area contributed by atoms with Crippen molar-refractivity contribution in [3.8, 4) is 5.75 Å². The molecule has 0 saturated carbocycles. The number of benzene rings is 1. The van der Waals surface area contributed by atoms with Gasteiger partial charge in [0.05, 0.1) is 7.11 Å². The molecule has 2 rings (SSSR count). The van der Waals surface area contributed by atoms with Gasteiger partial charge in [-0.05, 0) is 38.0 Å². The average Bonchev–Trinajstić information content (AvgIpc) is 3.14. The van der Waals surface area contributed by atoms with E-state index < -0.39 is 10.0 Å². The number of ether oxygens (including phenoxy) is 1. The fourth-order valence-corrected chi connectivity index (χ4v) is 4.34. The van der Waals surface area contributed by atoms with Gasteiger partial charge in [-0.15, -0.1) is 0 Å². The molecule has 1 saturated heterocycles. The fraction of sp³-hybridized carbons (Fsp3) is 0.562. The molecule has 0 spiro atoms. The van der Waals surface area contributed by atoms with E-state index in [0.29, 0.717) is 25.2 Å². The Bertz CT molecular complexity index is 699. The van der Waals surface area contributed by atoms with Gasteiger partial charge < -0.3 is 15.4 Å². The van der Waals surface area contributed by atoms with Gasteiger partial charge in [-0.25, -0.2) is 8.42 Å². The van der Waals surface area contributed by atoms with Crippen molar-refractivity contribution in [2.24, 2.45) is 5.73 Å². The van der Waals surface area contributed by atoms with Gasteiger partial charge in [0.1, 0.15) is 10.6 Å². The van der Waals surface area contributed by atoms with Crippen molar-refractivity contribution in [2.45, 2.75) is 30.7 Å². The first-order valence-corrected chi connectivity index (χ1v) is 9.42. The van der Waals surface area contributed by atoms with Crippen molar-refractivity contribution in [1.82, 2.24) is 9.21 Å². The number of carbonyl (C=O) groups excluding carboxylic acids is 1. The third-order valence-corrected chi connectivity index (χ3v) is 6.34. The Morgan fingerprint density at radius 3 is 2.54 bits per heavy atom. The van der Waals surface area contributed by atoms with Gasteiger partial charge in [0.2, 0.25) is 10.0 Å². The molecule has 1 amide bonds. The molecule has 24 heavy (non-hydrogen) atoms. The lowest BCUT2D eigenvalue weighted by molar-refractivity contribution is 0.0748. The molecule has 0 bridgehead atoms. The molecule has 1 aromatic rings. The number of carbonyl (C=O) groups is 1. The predicted octanol–water partition coefficient (Wildman–Crippen LogP) is 0.899. The second-order valence-corrected chi connectivity index (χ2v) is 7.88. The smallest absolute Gasteiger partial charge is 0.253 e. The van der Waals surface area contributed by atoms with Gasteiger partial charge in [-0.3, -0.25) is 4.79 Å². The summed E-state index contributed by atoms with van der Waals surface area (Å²) in [6, 6.07) is 4.36. The topological polar surface area (TPSA) is 92.9 Å². The zero-order chi connectivity index (χ0) is 17.9.